The monoisotopic (exact) mass is 289 g/mol. The third-order valence-corrected chi connectivity index (χ3v) is 3.02. The molecule has 0 spiro atoms. The molecule has 1 atom stereocenters. The van der Waals surface area contributed by atoms with Crippen molar-refractivity contribution in [3.05, 3.63) is 33.8 Å². The summed E-state index contributed by atoms with van der Waals surface area (Å²) in [5, 5.41) is 3.35. The van der Waals surface area contributed by atoms with Gasteiger partial charge in [0.2, 0.25) is 5.91 Å². The second-order valence-electron chi connectivity index (χ2n) is 3.74. The second kappa shape index (κ2) is 6.61. The van der Waals surface area contributed by atoms with Gasteiger partial charge < -0.3 is 10.1 Å². The standard InChI is InChI=1S/C12H13Cl2NO3/c1-7(12(17)18-2)15-11(16)6-8-3-4-9(13)10(14)5-8/h3-5,7H,6H2,1-2H3,(H,15,16). The van der Waals surface area contributed by atoms with Crippen LogP contribution >= 0.6 is 23.2 Å². The predicted molar refractivity (Wildman–Crippen MR) is 69.8 cm³/mol. The van der Waals surface area contributed by atoms with E-state index in [1.165, 1.54) is 7.11 Å². The molecule has 0 saturated heterocycles. The molecule has 1 N–H and O–H groups in total. The van der Waals surface area contributed by atoms with E-state index in [1.807, 2.05) is 0 Å². The summed E-state index contributed by atoms with van der Waals surface area (Å²) >= 11 is 11.6. The van der Waals surface area contributed by atoms with E-state index in [-0.39, 0.29) is 12.3 Å². The number of benzene rings is 1. The van der Waals surface area contributed by atoms with Gasteiger partial charge in [-0.1, -0.05) is 29.3 Å². The fraction of sp³-hybridized carbons (Fsp3) is 0.333. The van der Waals surface area contributed by atoms with Crippen LogP contribution in [0, 0.1) is 0 Å². The van der Waals surface area contributed by atoms with Gasteiger partial charge in [0, 0.05) is 0 Å². The van der Waals surface area contributed by atoms with E-state index < -0.39 is 12.0 Å². The van der Waals surface area contributed by atoms with E-state index in [1.54, 1.807) is 25.1 Å². The van der Waals surface area contributed by atoms with Gasteiger partial charge in [0.15, 0.2) is 0 Å². The van der Waals surface area contributed by atoms with Gasteiger partial charge in [-0.25, -0.2) is 4.79 Å². The Balaban J connectivity index is 2.59. The highest BCUT2D eigenvalue weighted by molar-refractivity contribution is 6.42. The molecule has 6 heteroatoms. The van der Waals surface area contributed by atoms with E-state index in [0.29, 0.717) is 10.0 Å². The van der Waals surface area contributed by atoms with Crippen molar-refractivity contribution in [1.82, 2.24) is 5.32 Å². The van der Waals surface area contributed by atoms with Crippen LogP contribution in [0.5, 0.6) is 0 Å². The Morgan fingerprint density at radius 2 is 2.00 bits per heavy atom. The highest BCUT2D eigenvalue weighted by Gasteiger charge is 2.15. The van der Waals surface area contributed by atoms with Gasteiger partial charge in [-0.15, -0.1) is 0 Å². The average Bonchev–Trinajstić information content (AvgIpc) is 2.32. The van der Waals surface area contributed by atoms with Crippen molar-refractivity contribution >= 4 is 35.1 Å². The highest BCUT2D eigenvalue weighted by Crippen LogP contribution is 2.22. The smallest absolute Gasteiger partial charge is 0.328 e. The minimum Gasteiger partial charge on any atom is -0.467 e. The number of carbonyl (C=O) groups is 2. The molecule has 0 aliphatic carbocycles. The minimum atomic E-state index is -0.676. The molecule has 1 amide bonds. The Kier molecular flexibility index (Phi) is 5.44. The number of carbonyl (C=O) groups excluding carboxylic acids is 2. The number of hydrogen-bond donors (Lipinski definition) is 1. The van der Waals surface area contributed by atoms with E-state index >= 15 is 0 Å². The molecule has 0 aliphatic heterocycles. The number of nitrogens with one attached hydrogen (secondary N) is 1. The number of amides is 1. The van der Waals surface area contributed by atoms with E-state index in [0.717, 1.165) is 5.56 Å². The zero-order valence-electron chi connectivity index (χ0n) is 10.00. The molecule has 98 valence electrons. The van der Waals surface area contributed by atoms with Crippen LogP contribution in [-0.4, -0.2) is 25.0 Å². The highest BCUT2D eigenvalue weighted by atomic mass is 35.5. The summed E-state index contributed by atoms with van der Waals surface area (Å²) in [6.45, 7) is 1.55. The Bertz CT molecular complexity index is 463. The van der Waals surface area contributed by atoms with Gasteiger partial charge in [0.25, 0.3) is 0 Å². The normalized spacial score (nSPS) is 11.8. The van der Waals surface area contributed by atoms with Crippen LogP contribution in [0.4, 0.5) is 0 Å². The lowest BCUT2D eigenvalue weighted by Crippen LogP contribution is -2.39. The SMILES string of the molecule is COC(=O)C(C)NC(=O)Cc1ccc(Cl)c(Cl)c1. The third-order valence-electron chi connectivity index (χ3n) is 2.28. The summed E-state index contributed by atoms with van der Waals surface area (Å²) in [7, 11) is 1.27. The quantitative estimate of drug-likeness (QED) is 0.865. The molecule has 1 aromatic rings. The number of ether oxygens (including phenoxy) is 1. The molecular formula is C12H13Cl2NO3. The fourth-order valence-electron chi connectivity index (χ4n) is 1.36. The molecule has 1 rings (SSSR count). The Hall–Kier alpha value is -1.26. The second-order valence-corrected chi connectivity index (χ2v) is 4.55. The summed E-state index contributed by atoms with van der Waals surface area (Å²) in [6.07, 6.45) is 0.123. The van der Waals surface area contributed by atoms with Gasteiger partial charge in [0.1, 0.15) is 6.04 Å². The molecule has 0 saturated carbocycles. The third kappa shape index (κ3) is 4.20. The lowest BCUT2D eigenvalue weighted by atomic mass is 10.1. The maximum absolute atomic E-state index is 11.6. The maximum Gasteiger partial charge on any atom is 0.328 e. The van der Waals surface area contributed by atoms with Crippen LogP contribution in [-0.2, 0) is 20.7 Å². The minimum absolute atomic E-state index is 0.123. The van der Waals surface area contributed by atoms with Crippen LogP contribution in [0.2, 0.25) is 10.0 Å². The summed E-state index contributed by atoms with van der Waals surface area (Å²) in [5.41, 5.74) is 0.721. The van der Waals surface area contributed by atoms with E-state index in [4.69, 9.17) is 23.2 Å². The molecule has 0 fully saturated rings. The van der Waals surface area contributed by atoms with Crippen molar-refractivity contribution in [1.29, 1.82) is 0 Å². The fourth-order valence-corrected chi connectivity index (χ4v) is 1.68. The zero-order valence-corrected chi connectivity index (χ0v) is 11.5. The molecule has 0 heterocycles. The molecule has 0 bridgehead atoms. The van der Waals surface area contributed by atoms with Gasteiger partial charge in [-0.3, -0.25) is 4.79 Å². The zero-order chi connectivity index (χ0) is 13.7. The van der Waals surface area contributed by atoms with Crippen molar-refractivity contribution in [3.63, 3.8) is 0 Å². The van der Waals surface area contributed by atoms with Crippen molar-refractivity contribution in [3.8, 4) is 0 Å². The lowest BCUT2D eigenvalue weighted by molar-refractivity contribution is -0.144. The van der Waals surface area contributed by atoms with E-state index in [9.17, 15) is 9.59 Å². The summed E-state index contributed by atoms with van der Waals surface area (Å²) in [4.78, 5) is 22.8. The number of halogens is 2. The van der Waals surface area contributed by atoms with Crippen molar-refractivity contribution in [2.45, 2.75) is 19.4 Å². The van der Waals surface area contributed by atoms with Crippen LogP contribution in [0.3, 0.4) is 0 Å². The number of methoxy groups -OCH3 is 1. The maximum atomic E-state index is 11.6. The molecule has 0 aliphatic rings. The first-order valence-corrected chi connectivity index (χ1v) is 6.00. The average molecular weight is 290 g/mol. The Labute approximate surface area is 115 Å². The molecular weight excluding hydrogens is 277 g/mol. The van der Waals surface area contributed by atoms with Crippen molar-refractivity contribution in [2.75, 3.05) is 7.11 Å². The van der Waals surface area contributed by atoms with Crippen LogP contribution in [0.25, 0.3) is 0 Å². The van der Waals surface area contributed by atoms with Gasteiger partial charge >= 0.3 is 5.97 Å². The first-order valence-electron chi connectivity index (χ1n) is 5.25. The summed E-state index contributed by atoms with van der Waals surface area (Å²) < 4.78 is 4.51. The predicted octanol–water partition coefficient (Wildman–Crippen LogP) is 2.21. The van der Waals surface area contributed by atoms with Crippen molar-refractivity contribution in [2.24, 2.45) is 0 Å². The van der Waals surface area contributed by atoms with Crippen LogP contribution < -0.4 is 5.32 Å². The molecule has 0 aromatic heterocycles. The van der Waals surface area contributed by atoms with Gasteiger partial charge in [0.05, 0.1) is 23.6 Å². The van der Waals surface area contributed by atoms with Gasteiger partial charge in [-0.2, -0.15) is 0 Å². The number of rotatable bonds is 4. The molecule has 18 heavy (non-hydrogen) atoms. The first kappa shape index (κ1) is 14.8. The molecule has 1 aromatic carbocycles. The Morgan fingerprint density at radius 3 is 2.56 bits per heavy atom. The van der Waals surface area contributed by atoms with E-state index in [2.05, 4.69) is 10.1 Å². The summed E-state index contributed by atoms with van der Waals surface area (Å²) in [6, 6.07) is 4.27. The van der Waals surface area contributed by atoms with Crippen LogP contribution in [0.1, 0.15) is 12.5 Å². The lowest BCUT2D eigenvalue weighted by Gasteiger charge is -2.11. The van der Waals surface area contributed by atoms with Gasteiger partial charge in [-0.05, 0) is 24.6 Å². The topological polar surface area (TPSA) is 55.4 Å². The molecule has 4 nitrogen and oxygen atoms in total. The van der Waals surface area contributed by atoms with Crippen molar-refractivity contribution < 1.29 is 14.3 Å². The largest absolute Gasteiger partial charge is 0.467 e. The number of esters is 1. The molecule has 0 radical (unpaired) electrons. The summed E-state index contributed by atoms with van der Waals surface area (Å²) in [5.74, 6) is -0.774. The Morgan fingerprint density at radius 1 is 1.33 bits per heavy atom. The number of hydrogen-bond acceptors (Lipinski definition) is 3. The molecule has 1 unspecified atom stereocenters. The first-order chi connectivity index (χ1) is 8.43. The van der Waals surface area contributed by atoms with Crippen LogP contribution in [0.15, 0.2) is 18.2 Å².